The Balaban J connectivity index is 1.55. The van der Waals surface area contributed by atoms with Gasteiger partial charge in [0.05, 0.1) is 0 Å². The van der Waals surface area contributed by atoms with Crippen LogP contribution in [-0.4, -0.2) is 0 Å². The van der Waals surface area contributed by atoms with Gasteiger partial charge in [-0.2, -0.15) is 0 Å². The summed E-state index contributed by atoms with van der Waals surface area (Å²) in [7, 11) is 0. The number of rotatable bonds is 6. The van der Waals surface area contributed by atoms with Crippen molar-refractivity contribution in [3.05, 3.63) is 64.7 Å². The van der Waals surface area contributed by atoms with Gasteiger partial charge >= 0.3 is 0 Å². The Morgan fingerprint density at radius 1 is 0.806 bits per heavy atom. The van der Waals surface area contributed by atoms with Crippen molar-refractivity contribution in [2.24, 2.45) is 28.1 Å². The summed E-state index contributed by atoms with van der Waals surface area (Å²) in [5.74, 6) is 1.74. The van der Waals surface area contributed by atoms with Gasteiger partial charge in [-0.15, -0.1) is 0 Å². The summed E-state index contributed by atoms with van der Waals surface area (Å²) in [5.41, 5.74) is 9.59. The van der Waals surface area contributed by atoms with Crippen LogP contribution in [-0.2, 0) is 10.8 Å². The fraction of sp³-hybridized carbons (Fsp3) is 0.611. The summed E-state index contributed by atoms with van der Waals surface area (Å²) in [4.78, 5) is 0. The van der Waals surface area contributed by atoms with Crippen LogP contribution >= 0.6 is 0 Å². The van der Waals surface area contributed by atoms with Crippen LogP contribution in [0, 0.1) is 28.1 Å². The monoisotopic (exact) mass is 484 g/mol. The SMILES string of the molecule is CC(C)(C)CCC1CC1C(C)(C)C(C)(C)C=Cc1ccc2c(c1)C(C)(C)c1cc(C(C)(C)C)ccc1-2. The zero-order valence-corrected chi connectivity index (χ0v) is 25.4. The largest absolute Gasteiger partial charge is 0.0777 e. The molecular weight excluding hydrogens is 432 g/mol. The smallest absolute Gasteiger partial charge is 0.0159 e. The molecule has 196 valence electrons. The molecule has 1 saturated carbocycles. The summed E-state index contributed by atoms with van der Waals surface area (Å²) in [6, 6.07) is 14.3. The lowest BCUT2D eigenvalue weighted by molar-refractivity contribution is 0.123. The molecule has 0 heterocycles. The van der Waals surface area contributed by atoms with Crippen molar-refractivity contribution in [2.45, 2.75) is 113 Å². The third-order valence-corrected chi connectivity index (χ3v) is 10.0. The lowest BCUT2D eigenvalue weighted by Gasteiger charge is -2.41. The Labute approximate surface area is 223 Å². The first kappa shape index (κ1) is 27.2. The topological polar surface area (TPSA) is 0 Å². The summed E-state index contributed by atoms with van der Waals surface area (Å²) in [5, 5.41) is 0. The van der Waals surface area contributed by atoms with E-state index in [0.717, 1.165) is 11.8 Å². The van der Waals surface area contributed by atoms with Crippen molar-refractivity contribution >= 4 is 6.08 Å². The van der Waals surface area contributed by atoms with Gasteiger partial charge in [-0.3, -0.25) is 0 Å². The van der Waals surface area contributed by atoms with Crippen LogP contribution in [0.1, 0.15) is 125 Å². The molecule has 0 amide bonds. The Morgan fingerprint density at radius 2 is 1.39 bits per heavy atom. The molecule has 2 unspecified atom stereocenters. The first-order valence-corrected chi connectivity index (χ1v) is 14.3. The van der Waals surface area contributed by atoms with Gasteiger partial charge in [0.25, 0.3) is 0 Å². The molecule has 0 saturated heterocycles. The number of benzene rings is 2. The minimum absolute atomic E-state index is 0.0266. The zero-order chi connectivity index (χ0) is 26.9. The van der Waals surface area contributed by atoms with E-state index in [1.807, 2.05) is 0 Å². The fourth-order valence-corrected chi connectivity index (χ4v) is 6.39. The third kappa shape index (κ3) is 4.99. The van der Waals surface area contributed by atoms with Crippen molar-refractivity contribution in [3.8, 4) is 11.1 Å². The Bertz CT molecular complexity index is 1150. The Kier molecular flexibility index (Phi) is 6.51. The normalized spacial score (nSPS) is 21.6. The maximum Gasteiger partial charge on any atom is 0.0159 e. The number of hydrogen-bond acceptors (Lipinski definition) is 0. The highest BCUT2D eigenvalue weighted by Gasteiger charge is 2.52. The molecule has 0 N–H and O–H groups in total. The first-order valence-electron chi connectivity index (χ1n) is 14.3. The van der Waals surface area contributed by atoms with Crippen LogP contribution in [0.3, 0.4) is 0 Å². The fourth-order valence-electron chi connectivity index (χ4n) is 6.39. The van der Waals surface area contributed by atoms with Crippen LogP contribution in [0.5, 0.6) is 0 Å². The molecule has 1 fully saturated rings. The van der Waals surface area contributed by atoms with Crippen LogP contribution < -0.4 is 0 Å². The molecule has 0 radical (unpaired) electrons. The molecule has 2 aromatic carbocycles. The highest BCUT2D eigenvalue weighted by atomic mass is 14.6. The van der Waals surface area contributed by atoms with E-state index >= 15 is 0 Å². The first-order chi connectivity index (χ1) is 16.3. The maximum atomic E-state index is 2.51. The van der Waals surface area contributed by atoms with E-state index < -0.39 is 0 Å². The van der Waals surface area contributed by atoms with E-state index in [1.165, 1.54) is 52.6 Å². The van der Waals surface area contributed by atoms with Crippen LogP contribution in [0.2, 0.25) is 0 Å². The van der Waals surface area contributed by atoms with Crippen molar-refractivity contribution in [1.82, 2.24) is 0 Å². The molecule has 0 bridgehead atoms. The molecule has 0 aliphatic heterocycles. The van der Waals surface area contributed by atoms with E-state index in [2.05, 4.69) is 132 Å². The second kappa shape index (κ2) is 8.61. The van der Waals surface area contributed by atoms with Crippen LogP contribution in [0.4, 0.5) is 0 Å². The minimum atomic E-state index is 0.0266. The van der Waals surface area contributed by atoms with E-state index in [9.17, 15) is 0 Å². The van der Waals surface area contributed by atoms with Crippen molar-refractivity contribution in [3.63, 3.8) is 0 Å². The van der Waals surface area contributed by atoms with E-state index in [4.69, 9.17) is 0 Å². The lowest BCUT2D eigenvalue weighted by atomic mass is 9.64. The second-order valence-corrected chi connectivity index (χ2v) is 15.9. The number of allylic oxidation sites excluding steroid dienone is 1. The predicted octanol–water partition coefficient (Wildman–Crippen LogP) is 10.8. The molecule has 2 atom stereocenters. The molecule has 0 heteroatoms. The predicted molar refractivity (Wildman–Crippen MR) is 160 cm³/mol. The summed E-state index contributed by atoms with van der Waals surface area (Å²) < 4.78 is 0. The molecule has 36 heavy (non-hydrogen) atoms. The van der Waals surface area contributed by atoms with E-state index in [-0.39, 0.29) is 16.2 Å². The van der Waals surface area contributed by atoms with Crippen LogP contribution in [0.15, 0.2) is 42.5 Å². The molecule has 4 rings (SSSR count). The van der Waals surface area contributed by atoms with Crippen molar-refractivity contribution < 1.29 is 0 Å². The van der Waals surface area contributed by atoms with Gasteiger partial charge in [-0.25, -0.2) is 0 Å². The number of fused-ring (bicyclic) bond motifs is 3. The maximum absolute atomic E-state index is 2.51. The summed E-state index contributed by atoms with van der Waals surface area (Å²) >= 11 is 0. The summed E-state index contributed by atoms with van der Waals surface area (Å²) in [6.45, 7) is 28.8. The van der Waals surface area contributed by atoms with Crippen LogP contribution in [0.25, 0.3) is 17.2 Å². The highest BCUT2D eigenvalue weighted by molar-refractivity contribution is 5.82. The molecule has 0 aromatic heterocycles. The van der Waals surface area contributed by atoms with Gasteiger partial charge in [0.1, 0.15) is 0 Å². The Morgan fingerprint density at radius 3 is 1.97 bits per heavy atom. The average Bonchev–Trinajstić information content (AvgIpc) is 3.51. The molecule has 0 nitrogen and oxygen atoms in total. The standard InChI is InChI=1S/C36H52/c1-32(2,3)19-18-25-22-29(25)36(11,12)34(7,8)20-17-24-13-15-27-28-16-14-26(33(4,5)6)23-31(28)35(9,10)30(27)21-24/h13-17,20-21,23,25,29H,18-19,22H2,1-12H3. The zero-order valence-electron chi connectivity index (χ0n) is 25.4. The average molecular weight is 485 g/mol. The lowest BCUT2D eigenvalue weighted by Crippen LogP contribution is -2.33. The molecule has 2 aromatic rings. The quantitative estimate of drug-likeness (QED) is 0.382. The highest BCUT2D eigenvalue weighted by Crippen LogP contribution is 2.60. The number of hydrogen-bond donors (Lipinski definition) is 0. The van der Waals surface area contributed by atoms with E-state index in [0.29, 0.717) is 10.8 Å². The van der Waals surface area contributed by atoms with E-state index in [1.54, 1.807) is 0 Å². The Hall–Kier alpha value is -1.82. The molecule has 2 aliphatic rings. The third-order valence-electron chi connectivity index (χ3n) is 10.0. The second-order valence-electron chi connectivity index (χ2n) is 15.9. The molecule has 2 aliphatic carbocycles. The van der Waals surface area contributed by atoms with Gasteiger partial charge < -0.3 is 0 Å². The van der Waals surface area contributed by atoms with Gasteiger partial charge in [0, 0.05) is 5.41 Å². The van der Waals surface area contributed by atoms with Gasteiger partial charge in [-0.05, 0) is 86.1 Å². The molecular formula is C36H52. The van der Waals surface area contributed by atoms with Gasteiger partial charge in [-0.1, -0.05) is 132 Å². The summed E-state index contributed by atoms with van der Waals surface area (Å²) in [6.07, 6.45) is 9.02. The minimum Gasteiger partial charge on any atom is -0.0777 e. The van der Waals surface area contributed by atoms with Gasteiger partial charge in [0.15, 0.2) is 0 Å². The molecule has 0 spiro atoms. The van der Waals surface area contributed by atoms with Gasteiger partial charge in [0.2, 0.25) is 0 Å². The van der Waals surface area contributed by atoms with Crippen molar-refractivity contribution in [1.29, 1.82) is 0 Å². The van der Waals surface area contributed by atoms with Crippen molar-refractivity contribution in [2.75, 3.05) is 0 Å².